The molecule has 1 amide bonds. The Bertz CT molecular complexity index is 1470. The number of rotatable bonds is 58. The summed E-state index contributed by atoms with van der Waals surface area (Å²) in [6.07, 6.45) is 75.2. The molecule has 7 unspecified atom stereocenters. The summed E-state index contributed by atoms with van der Waals surface area (Å²) in [6, 6.07) is -0.730. The van der Waals surface area contributed by atoms with Crippen LogP contribution in [0.4, 0.5) is 0 Å². The molecule has 0 aromatic carbocycles. The van der Waals surface area contributed by atoms with Crippen LogP contribution in [0.3, 0.4) is 0 Å². The van der Waals surface area contributed by atoms with Gasteiger partial charge < -0.3 is 40.3 Å². The van der Waals surface area contributed by atoms with Crippen molar-refractivity contribution in [2.45, 2.75) is 352 Å². The molecule has 1 aliphatic rings. The van der Waals surface area contributed by atoms with E-state index in [1.807, 2.05) is 0 Å². The van der Waals surface area contributed by atoms with Gasteiger partial charge in [-0.3, -0.25) is 4.79 Å². The van der Waals surface area contributed by atoms with E-state index < -0.39 is 49.5 Å². The zero-order chi connectivity index (χ0) is 57.2. The summed E-state index contributed by atoms with van der Waals surface area (Å²) in [5, 5.41) is 54.9. The van der Waals surface area contributed by atoms with E-state index in [-0.39, 0.29) is 12.5 Å². The minimum absolute atomic E-state index is 0.144. The smallest absolute Gasteiger partial charge is 0.220 e. The molecule has 9 nitrogen and oxygen atoms in total. The van der Waals surface area contributed by atoms with Crippen molar-refractivity contribution in [2.75, 3.05) is 13.2 Å². The Morgan fingerprint density at radius 1 is 0.443 bits per heavy atom. The van der Waals surface area contributed by atoms with E-state index in [4.69, 9.17) is 9.47 Å². The van der Waals surface area contributed by atoms with Crippen molar-refractivity contribution >= 4 is 5.91 Å². The number of amides is 1. The summed E-state index contributed by atoms with van der Waals surface area (Å²) in [6.45, 7) is 3.75. The van der Waals surface area contributed by atoms with Crippen LogP contribution in [0.25, 0.3) is 0 Å². The van der Waals surface area contributed by atoms with Crippen molar-refractivity contribution in [3.8, 4) is 0 Å². The summed E-state index contributed by atoms with van der Waals surface area (Å²) >= 11 is 0. The standard InChI is InChI=1S/C70H127NO8/c1-3-5-7-9-11-13-15-17-19-21-23-25-27-29-31-32-34-35-37-39-41-43-45-47-49-51-53-55-57-59-64(73)63(62-78-70-69(77)68(76)67(75)65(61-72)79-70)71-66(74)60-58-56-54-52-50-48-46-44-42-40-38-36-33-30-28-26-24-22-20-18-16-14-12-10-8-6-4-2/h6,8,12,14,18,20,24,26,30,33,38,40,63-65,67-70,72-73,75-77H,3-5,7,9-11,13,15-17,19,21-23,25,27-29,31-32,34-37,39,41-62H2,1-2H3,(H,71,74)/b8-6-,14-12-,20-18-,26-24-,33-30-,40-38-. The molecule has 0 saturated carbocycles. The summed E-state index contributed by atoms with van der Waals surface area (Å²) in [5.74, 6) is -0.151. The lowest BCUT2D eigenvalue weighted by atomic mass is 9.99. The van der Waals surface area contributed by atoms with Crippen LogP contribution in [-0.2, 0) is 14.3 Å². The highest BCUT2D eigenvalue weighted by atomic mass is 16.7. The van der Waals surface area contributed by atoms with Gasteiger partial charge in [-0.2, -0.15) is 0 Å². The van der Waals surface area contributed by atoms with E-state index in [1.165, 1.54) is 193 Å². The van der Waals surface area contributed by atoms with Gasteiger partial charge in [0.25, 0.3) is 0 Å². The van der Waals surface area contributed by atoms with Gasteiger partial charge in [-0.15, -0.1) is 0 Å². The van der Waals surface area contributed by atoms with Crippen LogP contribution in [0, 0.1) is 0 Å². The Balaban J connectivity index is 2.15. The Morgan fingerprint density at radius 2 is 0.785 bits per heavy atom. The van der Waals surface area contributed by atoms with Gasteiger partial charge in [0.1, 0.15) is 24.4 Å². The number of hydrogen-bond acceptors (Lipinski definition) is 8. The highest BCUT2D eigenvalue weighted by molar-refractivity contribution is 5.76. The maximum atomic E-state index is 13.1. The number of nitrogens with one attached hydrogen (secondary N) is 1. The van der Waals surface area contributed by atoms with Crippen molar-refractivity contribution in [1.82, 2.24) is 5.32 Å². The average molecular weight is 1110 g/mol. The fourth-order valence-electron chi connectivity index (χ4n) is 10.6. The van der Waals surface area contributed by atoms with Gasteiger partial charge in [0.2, 0.25) is 5.91 Å². The minimum atomic E-state index is -1.56. The third kappa shape index (κ3) is 47.8. The van der Waals surface area contributed by atoms with Gasteiger partial charge in [-0.05, 0) is 64.2 Å². The molecular weight excluding hydrogens is 983 g/mol. The van der Waals surface area contributed by atoms with E-state index in [0.29, 0.717) is 12.8 Å². The van der Waals surface area contributed by atoms with Crippen LogP contribution in [0.5, 0.6) is 0 Å². The SMILES string of the molecule is CC/C=C\C/C=C\C/C=C\C/C=C\C/C=C\C/C=C\CCCCCCCCCCC(=O)NC(COC1OC(CO)C(O)C(O)C1O)C(O)CCCCCCCCCCCCCCCCCCCCCCCCCCCCCCC. The topological polar surface area (TPSA) is 149 Å². The fourth-order valence-corrected chi connectivity index (χ4v) is 10.6. The summed E-state index contributed by atoms with van der Waals surface area (Å²) < 4.78 is 11.4. The first-order valence-electron chi connectivity index (χ1n) is 33.6. The van der Waals surface area contributed by atoms with Crippen LogP contribution in [0.15, 0.2) is 72.9 Å². The lowest BCUT2D eigenvalue weighted by Gasteiger charge is -2.40. The second-order valence-corrected chi connectivity index (χ2v) is 23.2. The third-order valence-electron chi connectivity index (χ3n) is 15.8. The van der Waals surface area contributed by atoms with E-state index in [0.717, 1.165) is 89.9 Å². The van der Waals surface area contributed by atoms with Gasteiger partial charge >= 0.3 is 0 Å². The van der Waals surface area contributed by atoms with Crippen molar-refractivity contribution < 1.29 is 39.8 Å². The first-order valence-corrected chi connectivity index (χ1v) is 33.6. The van der Waals surface area contributed by atoms with Crippen LogP contribution in [0.1, 0.15) is 309 Å². The second-order valence-electron chi connectivity index (χ2n) is 23.2. The first-order chi connectivity index (χ1) is 38.8. The molecule has 0 bridgehead atoms. The molecule has 1 aliphatic heterocycles. The maximum Gasteiger partial charge on any atom is 0.220 e. The number of aliphatic hydroxyl groups excluding tert-OH is 5. The number of carbonyl (C=O) groups excluding carboxylic acids is 1. The number of unbranched alkanes of at least 4 members (excludes halogenated alkanes) is 36. The van der Waals surface area contributed by atoms with Gasteiger partial charge in [-0.1, -0.05) is 311 Å². The second kappa shape index (κ2) is 58.8. The molecule has 0 aliphatic carbocycles. The predicted octanol–water partition coefficient (Wildman–Crippen LogP) is 18.0. The highest BCUT2D eigenvalue weighted by Gasteiger charge is 2.44. The Kier molecular flexibility index (Phi) is 55.6. The monoisotopic (exact) mass is 1110 g/mol. The third-order valence-corrected chi connectivity index (χ3v) is 15.8. The molecule has 7 atom stereocenters. The molecule has 0 aromatic heterocycles. The summed E-state index contributed by atoms with van der Waals surface area (Å²) in [7, 11) is 0. The maximum absolute atomic E-state index is 13.1. The molecule has 1 saturated heterocycles. The molecule has 460 valence electrons. The van der Waals surface area contributed by atoms with Gasteiger partial charge in [0.15, 0.2) is 6.29 Å². The van der Waals surface area contributed by atoms with Crippen LogP contribution >= 0.6 is 0 Å². The Morgan fingerprint density at radius 3 is 1.16 bits per heavy atom. The lowest BCUT2D eigenvalue weighted by Crippen LogP contribution is -2.60. The van der Waals surface area contributed by atoms with E-state index in [1.54, 1.807) is 0 Å². The molecular formula is C70H127NO8. The van der Waals surface area contributed by atoms with E-state index in [9.17, 15) is 30.3 Å². The molecule has 1 fully saturated rings. The summed E-state index contributed by atoms with van der Waals surface area (Å²) in [5.41, 5.74) is 0. The molecule has 1 rings (SSSR count). The van der Waals surface area contributed by atoms with E-state index >= 15 is 0 Å². The zero-order valence-corrected chi connectivity index (χ0v) is 51.4. The van der Waals surface area contributed by atoms with Crippen LogP contribution in [-0.4, -0.2) is 87.5 Å². The molecule has 9 heteroatoms. The minimum Gasteiger partial charge on any atom is -0.394 e. The first kappa shape index (κ1) is 74.6. The van der Waals surface area contributed by atoms with Gasteiger partial charge in [-0.25, -0.2) is 0 Å². The van der Waals surface area contributed by atoms with Crippen LogP contribution in [0.2, 0.25) is 0 Å². The van der Waals surface area contributed by atoms with Crippen LogP contribution < -0.4 is 5.32 Å². The number of ether oxygens (including phenoxy) is 2. The molecule has 1 heterocycles. The molecule has 79 heavy (non-hydrogen) atoms. The van der Waals surface area contributed by atoms with Crippen molar-refractivity contribution in [2.24, 2.45) is 0 Å². The van der Waals surface area contributed by atoms with Crippen molar-refractivity contribution in [3.05, 3.63) is 72.9 Å². The predicted molar refractivity (Wildman–Crippen MR) is 336 cm³/mol. The molecule has 0 spiro atoms. The number of carbonyl (C=O) groups is 1. The Hall–Kier alpha value is -2.37. The Labute approximate surface area is 487 Å². The normalized spacial score (nSPS) is 19.0. The largest absolute Gasteiger partial charge is 0.394 e. The van der Waals surface area contributed by atoms with E-state index in [2.05, 4.69) is 92.1 Å². The molecule has 6 N–H and O–H groups in total. The van der Waals surface area contributed by atoms with Crippen molar-refractivity contribution in [1.29, 1.82) is 0 Å². The number of aliphatic hydroxyl groups is 5. The average Bonchev–Trinajstić information content (AvgIpc) is 3.47. The summed E-state index contributed by atoms with van der Waals surface area (Å²) in [4.78, 5) is 13.1. The molecule has 0 aromatic rings. The quantitative estimate of drug-likeness (QED) is 0.0261. The highest BCUT2D eigenvalue weighted by Crippen LogP contribution is 2.23. The zero-order valence-electron chi connectivity index (χ0n) is 51.4. The molecule has 0 radical (unpaired) electrons. The van der Waals surface area contributed by atoms with Crippen molar-refractivity contribution in [3.63, 3.8) is 0 Å². The lowest BCUT2D eigenvalue weighted by molar-refractivity contribution is -0.302. The van der Waals surface area contributed by atoms with Gasteiger partial charge in [0.05, 0.1) is 25.4 Å². The fraction of sp³-hybridized carbons (Fsp3) is 0.814. The number of allylic oxidation sites excluding steroid dienone is 12. The number of hydrogen-bond donors (Lipinski definition) is 6. The van der Waals surface area contributed by atoms with Gasteiger partial charge in [0, 0.05) is 6.42 Å².